The van der Waals surface area contributed by atoms with Gasteiger partial charge in [0.1, 0.15) is 0 Å². The molecule has 1 aromatic carbocycles. The molecule has 0 unspecified atom stereocenters. The molecule has 0 aliphatic carbocycles. The van der Waals surface area contributed by atoms with Crippen LogP contribution in [0.1, 0.15) is 36.5 Å². The highest BCUT2D eigenvalue weighted by molar-refractivity contribution is 5.91. The molecule has 156 valence electrons. The minimum atomic E-state index is -2.74. The standard InChI is InChI=1S/C10H12O5.C6H8O7/c1-2-3-15-10(14)6-4-7(11)9(13)8(12)5-6;7-3(8)1-6(13,5(11)12)2-4(9)10/h4-5,11-13H,2-3H2,1H3;13H,1-2H2,(H,7,8)(H,9,10)(H,11,12). The van der Waals surface area contributed by atoms with Crippen molar-refractivity contribution in [1.82, 2.24) is 0 Å². The molecule has 0 aliphatic rings. The van der Waals surface area contributed by atoms with E-state index >= 15 is 0 Å². The first-order valence-corrected chi connectivity index (χ1v) is 7.65. The van der Waals surface area contributed by atoms with Crippen LogP contribution in [0.25, 0.3) is 0 Å². The average Bonchev–Trinajstić information content (AvgIpc) is 2.56. The van der Waals surface area contributed by atoms with Crippen LogP contribution in [0.4, 0.5) is 0 Å². The Balaban J connectivity index is 0.000000528. The number of phenolic OH excluding ortho intramolecular Hbond substituents is 3. The van der Waals surface area contributed by atoms with Gasteiger partial charge in [-0.2, -0.15) is 0 Å². The molecule has 7 N–H and O–H groups in total. The van der Waals surface area contributed by atoms with E-state index in [2.05, 4.69) is 0 Å². The molecule has 12 heteroatoms. The zero-order valence-electron chi connectivity index (χ0n) is 14.7. The summed E-state index contributed by atoms with van der Waals surface area (Å²) in [5.41, 5.74) is -2.74. The van der Waals surface area contributed by atoms with Crippen molar-refractivity contribution in [2.24, 2.45) is 0 Å². The van der Waals surface area contributed by atoms with Crippen molar-refractivity contribution in [2.75, 3.05) is 6.61 Å². The fourth-order valence-electron chi connectivity index (χ4n) is 1.71. The second-order valence-electron chi connectivity index (χ2n) is 5.48. The summed E-state index contributed by atoms with van der Waals surface area (Å²) < 4.78 is 4.78. The molecular weight excluding hydrogens is 384 g/mol. The summed E-state index contributed by atoms with van der Waals surface area (Å²) in [4.78, 5) is 41.8. The number of hydrogen-bond donors (Lipinski definition) is 7. The molecule has 1 rings (SSSR count). The van der Waals surface area contributed by atoms with Crippen molar-refractivity contribution in [3.8, 4) is 17.2 Å². The zero-order chi connectivity index (χ0) is 22.1. The van der Waals surface area contributed by atoms with Gasteiger partial charge in [0.25, 0.3) is 0 Å². The Kier molecular flexibility index (Phi) is 9.23. The third kappa shape index (κ3) is 7.78. The normalized spacial score (nSPS) is 10.4. The Morgan fingerprint density at radius 1 is 0.929 bits per heavy atom. The van der Waals surface area contributed by atoms with Crippen LogP contribution in [0.15, 0.2) is 12.1 Å². The molecule has 12 nitrogen and oxygen atoms in total. The lowest BCUT2D eigenvalue weighted by Crippen LogP contribution is -2.42. The molecule has 0 amide bonds. The second kappa shape index (κ2) is 10.6. The molecule has 0 atom stereocenters. The van der Waals surface area contributed by atoms with Crippen molar-refractivity contribution in [2.45, 2.75) is 31.8 Å². The Morgan fingerprint density at radius 3 is 1.68 bits per heavy atom. The molecule has 1 aromatic rings. The summed E-state index contributed by atoms with van der Waals surface area (Å²) in [7, 11) is 0. The molecule has 0 aliphatic heterocycles. The van der Waals surface area contributed by atoms with Crippen molar-refractivity contribution in [1.29, 1.82) is 0 Å². The summed E-state index contributed by atoms with van der Waals surface area (Å²) in [6, 6.07) is 2.07. The molecule has 0 bridgehead atoms. The molecule has 28 heavy (non-hydrogen) atoms. The van der Waals surface area contributed by atoms with E-state index in [1.807, 2.05) is 6.92 Å². The number of rotatable bonds is 8. The Bertz CT molecular complexity index is 700. The van der Waals surface area contributed by atoms with E-state index in [0.29, 0.717) is 6.42 Å². The van der Waals surface area contributed by atoms with Gasteiger partial charge >= 0.3 is 23.9 Å². The third-order valence-electron chi connectivity index (χ3n) is 3.03. The number of aromatic hydroxyl groups is 3. The topological polar surface area (TPSA) is 219 Å². The maximum Gasteiger partial charge on any atom is 0.338 e. The number of carboxylic acid groups (broad SMARTS) is 3. The number of benzene rings is 1. The number of aliphatic carboxylic acids is 3. The van der Waals surface area contributed by atoms with Crippen LogP contribution >= 0.6 is 0 Å². The van der Waals surface area contributed by atoms with E-state index in [1.54, 1.807) is 0 Å². The van der Waals surface area contributed by atoms with E-state index in [4.69, 9.17) is 40.5 Å². The Labute approximate surface area is 157 Å². The molecule has 0 heterocycles. The van der Waals surface area contributed by atoms with Gasteiger partial charge < -0.3 is 40.5 Å². The summed E-state index contributed by atoms with van der Waals surface area (Å²) in [6.45, 7) is 2.11. The SMILES string of the molecule is CCCOC(=O)c1cc(O)c(O)c(O)c1.O=C(O)CC(O)(CC(=O)O)C(=O)O. The van der Waals surface area contributed by atoms with Gasteiger partial charge in [-0.05, 0) is 18.6 Å². The largest absolute Gasteiger partial charge is 0.504 e. The van der Waals surface area contributed by atoms with Crippen molar-refractivity contribution < 1.29 is 59.7 Å². The van der Waals surface area contributed by atoms with Gasteiger partial charge in [-0.1, -0.05) is 6.92 Å². The maximum absolute atomic E-state index is 11.3. The lowest BCUT2D eigenvalue weighted by molar-refractivity contribution is -0.170. The first-order valence-electron chi connectivity index (χ1n) is 7.65. The number of aliphatic hydroxyl groups is 1. The summed E-state index contributed by atoms with van der Waals surface area (Å²) in [5, 5.41) is 61.1. The summed E-state index contributed by atoms with van der Waals surface area (Å²) in [5.74, 6) is -7.43. The van der Waals surface area contributed by atoms with Crippen molar-refractivity contribution in [3.05, 3.63) is 17.7 Å². The number of carbonyl (C=O) groups excluding carboxylic acids is 1. The highest BCUT2D eigenvalue weighted by Gasteiger charge is 2.40. The highest BCUT2D eigenvalue weighted by Crippen LogP contribution is 2.35. The predicted molar refractivity (Wildman–Crippen MR) is 89.1 cm³/mol. The van der Waals surface area contributed by atoms with Crippen LogP contribution in [0.2, 0.25) is 0 Å². The quantitative estimate of drug-likeness (QED) is 0.227. The third-order valence-corrected chi connectivity index (χ3v) is 3.03. The van der Waals surface area contributed by atoms with Crippen LogP contribution in [0, 0.1) is 0 Å². The van der Waals surface area contributed by atoms with Crippen LogP contribution in [0.5, 0.6) is 17.2 Å². The van der Waals surface area contributed by atoms with Gasteiger partial charge in [0.2, 0.25) is 0 Å². The number of ether oxygens (including phenoxy) is 1. The lowest BCUT2D eigenvalue weighted by atomic mass is 9.96. The van der Waals surface area contributed by atoms with Crippen LogP contribution in [-0.2, 0) is 19.1 Å². The summed E-state index contributed by atoms with van der Waals surface area (Å²) >= 11 is 0. The molecule has 0 saturated carbocycles. The van der Waals surface area contributed by atoms with E-state index < -0.39 is 59.6 Å². The van der Waals surface area contributed by atoms with E-state index in [9.17, 15) is 19.2 Å². The van der Waals surface area contributed by atoms with Gasteiger partial charge in [0.15, 0.2) is 22.8 Å². The van der Waals surface area contributed by atoms with Gasteiger partial charge in [-0.15, -0.1) is 0 Å². The fraction of sp³-hybridized carbons (Fsp3) is 0.375. The van der Waals surface area contributed by atoms with Crippen LogP contribution in [-0.4, -0.2) is 71.8 Å². The van der Waals surface area contributed by atoms with E-state index in [1.165, 1.54) is 0 Å². The molecule has 0 saturated heterocycles. The molecule has 0 spiro atoms. The minimum Gasteiger partial charge on any atom is -0.504 e. The fourth-order valence-corrected chi connectivity index (χ4v) is 1.71. The van der Waals surface area contributed by atoms with Crippen molar-refractivity contribution in [3.63, 3.8) is 0 Å². The molecular formula is C16H20O12. The van der Waals surface area contributed by atoms with Crippen molar-refractivity contribution >= 4 is 23.9 Å². The van der Waals surface area contributed by atoms with Gasteiger partial charge in [0.05, 0.1) is 25.0 Å². The van der Waals surface area contributed by atoms with Gasteiger partial charge in [-0.3, -0.25) is 9.59 Å². The second-order valence-corrected chi connectivity index (χ2v) is 5.48. The number of hydrogen-bond acceptors (Lipinski definition) is 9. The maximum atomic E-state index is 11.3. The molecule has 0 radical (unpaired) electrons. The van der Waals surface area contributed by atoms with Crippen LogP contribution in [0.3, 0.4) is 0 Å². The number of phenols is 3. The lowest BCUT2D eigenvalue weighted by Gasteiger charge is -2.18. The summed E-state index contributed by atoms with van der Waals surface area (Å²) in [6.07, 6.45) is -1.61. The Morgan fingerprint density at radius 2 is 1.36 bits per heavy atom. The molecule has 0 fully saturated rings. The average molecular weight is 404 g/mol. The Hall–Kier alpha value is -3.54. The first-order chi connectivity index (χ1) is 12.8. The highest BCUT2D eigenvalue weighted by atomic mass is 16.5. The van der Waals surface area contributed by atoms with E-state index in [0.717, 1.165) is 12.1 Å². The zero-order valence-corrected chi connectivity index (χ0v) is 14.7. The number of carbonyl (C=O) groups is 4. The van der Waals surface area contributed by atoms with Gasteiger partial charge in [-0.25, -0.2) is 9.59 Å². The minimum absolute atomic E-state index is 0.00347. The number of esters is 1. The predicted octanol–water partition coefficient (Wildman–Crippen LogP) is 0.122. The monoisotopic (exact) mass is 404 g/mol. The van der Waals surface area contributed by atoms with Crippen LogP contribution < -0.4 is 0 Å². The molecule has 0 aromatic heterocycles. The smallest absolute Gasteiger partial charge is 0.338 e. The first kappa shape index (κ1) is 24.5. The van der Waals surface area contributed by atoms with Gasteiger partial charge in [0, 0.05) is 0 Å². The number of carboxylic acids is 3. The van der Waals surface area contributed by atoms with E-state index in [-0.39, 0.29) is 12.2 Å².